The minimum Gasteiger partial charge on any atom is -0.396 e. The van der Waals surface area contributed by atoms with Crippen LogP contribution in [0, 0.1) is 0 Å². The number of carbonyl (C=O) groups excluding carboxylic acids is 1. The van der Waals surface area contributed by atoms with Gasteiger partial charge in [0.2, 0.25) is 0 Å². The lowest BCUT2D eigenvalue weighted by atomic mass is 9.94. The number of fused-ring (bicyclic) bond motifs is 1. The van der Waals surface area contributed by atoms with Crippen LogP contribution in [0.4, 0.5) is 0 Å². The SMILES string of the molecule is CCc1c(-c2ccccc2)nc2ccccc2c1C(=O)NC(CCO)c1ccccc1. The number of pyridine rings is 1. The van der Waals surface area contributed by atoms with Crippen LogP contribution in [0.15, 0.2) is 84.9 Å². The van der Waals surface area contributed by atoms with Gasteiger partial charge in [0.05, 0.1) is 22.8 Å². The van der Waals surface area contributed by atoms with Gasteiger partial charge in [-0.3, -0.25) is 4.79 Å². The molecule has 31 heavy (non-hydrogen) atoms. The Labute approximate surface area is 182 Å². The molecule has 1 aromatic heterocycles. The Balaban J connectivity index is 1.84. The summed E-state index contributed by atoms with van der Waals surface area (Å²) in [5.74, 6) is -0.144. The van der Waals surface area contributed by atoms with Gasteiger partial charge in [0.15, 0.2) is 0 Å². The first kappa shape index (κ1) is 20.8. The Morgan fingerprint density at radius 3 is 2.26 bits per heavy atom. The minimum atomic E-state index is -0.268. The molecule has 0 radical (unpaired) electrons. The fraction of sp³-hybridized carbons (Fsp3) is 0.185. The highest BCUT2D eigenvalue weighted by Gasteiger charge is 2.23. The maximum Gasteiger partial charge on any atom is 0.252 e. The first-order valence-corrected chi connectivity index (χ1v) is 10.7. The average molecular weight is 411 g/mol. The Morgan fingerprint density at radius 1 is 0.935 bits per heavy atom. The summed E-state index contributed by atoms with van der Waals surface area (Å²) < 4.78 is 0. The van der Waals surface area contributed by atoms with Gasteiger partial charge in [0.25, 0.3) is 5.91 Å². The summed E-state index contributed by atoms with van der Waals surface area (Å²) in [7, 11) is 0. The van der Waals surface area contributed by atoms with Crippen LogP contribution in [-0.2, 0) is 6.42 Å². The van der Waals surface area contributed by atoms with E-state index in [-0.39, 0.29) is 18.6 Å². The van der Waals surface area contributed by atoms with E-state index in [0.717, 1.165) is 33.3 Å². The first-order chi connectivity index (χ1) is 15.2. The highest BCUT2D eigenvalue weighted by Crippen LogP contribution is 2.31. The van der Waals surface area contributed by atoms with Gasteiger partial charge < -0.3 is 10.4 Å². The van der Waals surface area contributed by atoms with E-state index in [1.165, 1.54) is 0 Å². The number of para-hydroxylation sites is 1. The largest absolute Gasteiger partial charge is 0.396 e. The van der Waals surface area contributed by atoms with Crippen molar-refractivity contribution in [3.05, 3.63) is 102 Å². The molecule has 0 saturated heterocycles. The molecule has 0 aliphatic rings. The van der Waals surface area contributed by atoms with Crippen LogP contribution in [-0.4, -0.2) is 22.6 Å². The lowest BCUT2D eigenvalue weighted by Crippen LogP contribution is -2.30. The smallest absolute Gasteiger partial charge is 0.252 e. The van der Waals surface area contributed by atoms with Crippen LogP contribution in [0.1, 0.15) is 40.9 Å². The molecule has 4 heteroatoms. The number of hydrogen-bond acceptors (Lipinski definition) is 3. The van der Waals surface area contributed by atoms with Gasteiger partial charge in [-0.05, 0) is 30.0 Å². The maximum atomic E-state index is 13.7. The molecule has 1 heterocycles. The summed E-state index contributed by atoms with van der Waals surface area (Å²) in [6.45, 7) is 2.05. The molecular weight excluding hydrogens is 384 g/mol. The van der Waals surface area contributed by atoms with Crippen molar-refractivity contribution < 1.29 is 9.90 Å². The lowest BCUT2D eigenvalue weighted by Gasteiger charge is -2.21. The zero-order chi connectivity index (χ0) is 21.6. The molecule has 3 aromatic carbocycles. The monoisotopic (exact) mass is 410 g/mol. The molecule has 0 spiro atoms. The normalized spacial score (nSPS) is 11.9. The molecule has 0 saturated carbocycles. The van der Waals surface area contributed by atoms with Gasteiger partial charge in [0.1, 0.15) is 0 Å². The van der Waals surface area contributed by atoms with E-state index in [0.29, 0.717) is 18.4 Å². The molecule has 0 bridgehead atoms. The van der Waals surface area contributed by atoms with Gasteiger partial charge in [-0.2, -0.15) is 0 Å². The second-order valence-electron chi connectivity index (χ2n) is 7.50. The van der Waals surface area contributed by atoms with Crippen molar-refractivity contribution in [2.45, 2.75) is 25.8 Å². The van der Waals surface area contributed by atoms with E-state index < -0.39 is 0 Å². The van der Waals surface area contributed by atoms with Gasteiger partial charge in [-0.1, -0.05) is 85.8 Å². The molecule has 1 amide bonds. The Bertz CT molecular complexity index is 1170. The summed E-state index contributed by atoms with van der Waals surface area (Å²) in [5, 5.41) is 13.6. The molecule has 0 aliphatic heterocycles. The maximum absolute atomic E-state index is 13.7. The minimum absolute atomic E-state index is 0.00711. The van der Waals surface area contributed by atoms with Crippen molar-refractivity contribution in [1.82, 2.24) is 10.3 Å². The number of aromatic nitrogens is 1. The van der Waals surface area contributed by atoms with Crippen LogP contribution in [0.25, 0.3) is 22.2 Å². The third kappa shape index (κ3) is 4.35. The zero-order valence-corrected chi connectivity index (χ0v) is 17.6. The number of carbonyl (C=O) groups is 1. The third-order valence-electron chi connectivity index (χ3n) is 5.55. The van der Waals surface area contributed by atoms with Crippen LogP contribution >= 0.6 is 0 Å². The Morgan fingerprint density at radius 2 is 1.58 bits per heavy atom. The van der Waals surface area contributed by atoms with Crippen molar-refractivity contribution in [3.8, 4) is 11.3 Å². The van der Waals surface area contributed by atoms with Crippen molar-refractivity contribution in [3.63, 3.8) is 0 Å². The predicted molar refractivity (Wildman–Crippen MR) is 125 cm³/mol. The summed E-state index contributed by atoms with van der Waals surface area (Å²) in [5.41, 5.74) is 5.19. The molecule has 4 nitrogen and oxygen atoms in total. The number of aliphatic hydroxyl groups excluding tert-OH is 1. The number of hydrogen-bond donors (Lipinski definition) is 2. The van der Waals surface area contributed by atoms with E-state index in [9.17, 15) is 9.90 Å². The van der Waals surface area contributed by atoms with Crippen molar-refractivity contribution >= 4 is 16.8 Å². The molecule has 0 aliphatic carbocycles. The third-order valence-corrected chi connectivity index (χ3v) is 5.55. The van der Waals surface area contributed by atoms with Crippen molar-refractivity contribution in [1.29, 1.82) is 0 Å². The summed E-state index contributed by atoms with van der Waals surface area (Å²) >= 11 is 0. The molecule has 4 aromatic rings. The van der Waals surface area contributed by atoms with Gasteiger partial charge in [0, 0.05) is 17.6 Å². The van der Waals surface area contributed by atoms with Gasteiger partial charge in [-0.15, -0.1) is 0 Å². The lowest BCUT2D eigenvalue weighted by molar-refractivity contribution is 0.0930. The molecule has 1 atom stereocenters. The molecule has 4 rings (SSSR count). The average Bonchev–Trinajstić information content (AvgIpc) is 2.83. The molecule has 0 fully saturated rings. The highest BCUT2D eigenvalue weighted by molar-refractivity contribution is 6.09. The fourth-order valence-corrected chi connectivity index (χ4v) is 4.06. The van der Waals surface area contributed by atoms with E-state index in [4.69, 9.17) is 4.98 Å². The summed E-state index contributed by atoms with van der Waals surface area (Å²) in [6, 6.07) is 27.3. The number of rotatable bonds is 7. The van der Waals surface area contributed by atoms with Crippen LogP contribution in [0.2, 0.25) is 0 Å². The summed E-state index contributed by atoms with van der Waals surface area (Å²) in [6.07, 6.45) is 1.13. The number of nitrogens with one attached hydrogen (secondary N) is 1. The van der Waals surface area contributed by atoms with E-state index in [1.807, 2.05) is 84.9 Å². The molecular formula is C27H26N2O2. The fourth-order valence-electron chi connectivity index (χ4n) is 4.06. The number of nitrogens with zero attached hydrogens (tertiary/aromatic N) is 1. The molecule has 1 unspecified atom stereocenters. The number of benzene rings is 3. The predicted octanol–water partition coefficient (Wildman–Crippen LogP) is 5.32. The standard InChI is InChI=1S/C27H26N2O2/c1-2-21-25(27(31)29-23(17-18-30)19-11-5-3-6-12-19)22-15-9-10-16-24(22)28-26(21)20-13-7-4-8-14-20/h3-16,23,30H,2,17-18H2,1H3,(H,29,31). The van der Waals surface area contributed by atoms with Crippen molar-refractivity contribution in [2.75, 3.05) is 6.61 Å². The second-order valence-corrected chi connectivity index (χ2v) is 7.50. The number of amides is 1. The topological polar surface area (TPSA) is 62.2 Å². The second kappa shape index (κ2) is 9.54. The van der Waals surface area contributed by atoms with E-state index in [1.54, 1.807) is 0 Å². The van der Waals surface area contributed by atoms with Gasteiger partial charge >= 0.3 is 0 Å². The zero-order valence-electron chi connectivity index (χ0n) is 17.6. The van der Waals surface area contributed by atoms with Gasteiger partial charge in [-0.25, -0.2) is 4.98 Å². The van der Waals surface area contributed by atoms with E-state index in [2.05, 4.69) is 12.2 Å². The van der Waals surface area contributed by atoms with Crippen LogP contribution in [0.5, 0.6) is 0 Å². The van der Waals surface area contributed by atoms with E-state index >= 15 is 0 Å². The number of aliphatic hydroxyl groups is 1. The Kier molecular flexibility index (Phi) is 6.39. The van der Waals surface area contributed by atoms with Crippen LogP contribution < -0.4 is 5.32 Å². The summed E-state index contributed by atoms with van der Waals surface area (Å²) in [4.78, 5) is 18.6. The Hall–Kier alpha value is -3.50. The molecule has 156 valence electrons. The quantitative estimate of drug-likeness (QED) is 0.434. The first-order valence-electron chi connectivity index (χ1n) is 10.7. The van der Waals surface area contributed by atoms with Crippen molar-refractivity contribution in [2.24, 2.45) is 0 Å². The van der Waals surface area contributed by atoms with Crippen LogP contribution in [0.3, 0.4) is 0 Å². The molecule has 2 N–H and O–H groups in total. The highest BCUT2D eigenvalue weighted by atomic mass is 16.3.